The van der Waals surface area contributed by atoms with Gasteiger partial charge in [-0.3, -0.25) is 9.59 Å². The van der Waals surface area contributed by atoms with Crippen LogP contribution in [-0.2, 0) is 0 Å². The van der Waals surface area contributed by atoms with Gasteiger partial charge in [-0.1, -0.05) is 0 Å². The number of hydrogen-bond acceptors (Lipinski definition) is 4. The number of nitrogens with zero attached hydrogens (tertiary/aromatic N) is 2. The Labute approximate surface area is 105 Å². The Morgan fingerprint density at radius 3 is 2.61 bits per heavy atom. The molecule has 0 atom stereocenters. The number of primary amides is 1. The number of carbonyl (C=O) groups excluding carboxylic acids is 2. The molecule has 2 rings (SSSR count). The molecule has 2 N–H and O–H groups in total. The van der Waals surface area contributed by atoms with Crippen molar-refractivity contribution in [2.75, 3.05) is 14.1 Å². The van der Waals surface area contributed by atoms with Crippen molar-refractivity contribution in [3.05, 3.63) is 23.5 Å². The van der Waals surface area contributed by atoms with Gasteiger partial charge >= 0.3 is 0 Å². The van der Waals surface area contributed by atoms with Crippen molar-refractivity contribution in [2.45, 2.75) is 18.9 Å². The lowest BCUT2D eigenvalue weighted by Gasteiger charge is -2.12. The number of hydrogen-bond donors (Lipinski definition) is 1. The van der Waals surface area contributed by atoms with E-state index in [1.807, 2.05) is 0 Å². The summed E-state index contributed by atoms with van der Waals surface area (Å²) in [5.41, 5.74) is 5.68. The molecule has 0 aliphatic heterocycles. The van der Waals surface area contributed by atoms with Gasteiger partial charge in [-0.05, 0) is 12.8 Å². The van der Waals surface area contributed by atoms with Gasteiger partial charge in [-0.2, -0.15) is 0 Å². The van der Waals surface area contributed by atoms with E-state index in [1.165, 1.54) is 17.2 Å². The highest BCUT2D eigenvalue weighted by Gasteiger charge is 2.26. The molecule has 0 radical (unpaired) electrons. The van der Waals surface area contributed by atoms with Crippen molar-refractivity contribution in [3.63, 3.8) is 0 Å². The summed E-state index contributed by atoms with van der Waals surface area (Å²) in [5, 5.41) is 0. The van der Waals surface area contributed by atoms with E-state index >= 15 is 0 Å². The van der Waals surface area contributed by atoms with Gasteiger partial charge in [-0.25, -0.2) is 4.98 Å². The molecule has 2 amide bonds. The molecule has 1 aromatic heterocycles. The summed E-state index contributed by atoms with van der Waals surface area (Å²) < 4.78 is 5.58. The van der Waals surface area contributed by atoms with Gasteiger partial charge in [-0.15, -0.1) is 0 Å². The zero-order valence-corrected chi connectivity index (χ0v) is 10.3. The quantitative estimate of drug-likeness (QED) is 0.838. The molecule has 1 aliphatic rings. The Morgan fingerprint density at radius 1 is 1.44 bits per heavy atom. The molecule has 0 unspecified atom stereocenters. The summed E-state index contributed by atoms with van der Waals surface area (Å²) in [6, 6.07) is 1.47. The van der Waals surface area contributed by atoms with Crippen LogP contribution in [0.5, 0.6) is 5.75 Å². The Balaban J connectivity index is 2.34. The number of carbonyl (C=O) groups is 2. The summed E-state index contributed by atoms with van der Waals surface area (Å²) in [5.74, 6) is -0.515. The van der Waals surface area contributed by atoms with Crippen LogP contribution in [0.1, 0.15) is 33.7 Å². The molecule has 6 heteroatoms. The highest BCUT2D eigenvalue weighted by atomic mass is 16.5. The number of nitrogens with two attached hydrogens (primary N) is 1. The monoisotopic (exact) mass is 249 g/mol. The molecular weight excluding hydrogens is 234 g/mol. The van der Waals surface area contributed by atoms with E-state index in [9.17, 15) is 9.59 Å². The number of ether oxygens (including phenoxy) is 1. The topological polar surface area (TPSA) is 85.5 Å². The van der Waals surface area contributed by atoms with E-state index in [1.54, 1.807) is 14.1 Å². The Bertz CT molecular complexity index is 495. The minimum Gasteiger partial charge on any atom is -0.489 e. The lowest BCUT2D eigenvalue weighted by Crippen LogP contribution is -2.23. The third-order valence-corrected chi connectivity index (χ3v) is 2.57. The number of pyridine rings is 1. The fraction of sp³-hybridized carbons (Fsp3) is 0.417. The first kappa shape index (κ1) is 12.3. The maximum atomic E-state index is 11.8. The number of amides is 2. The third-order valence-electron chi connectivity index (χ3n) is 2.57. The smallest absolute Gasteiger partial charge is 0.272 e. The second-order valence-corrected chi connectivity index (χ2v) is 4.45. The fourth-order valence-electron chi connectivity index (χ4n) is 1.43. The van der Waals surface area contributed by atoms with Gasteiger partial charge in [0.2, 0.25) is 0 Å². The van der Waals surface area contributed by atoms with E-state index in [2.05, 4.69) is 4.98 Å². The molecule has 1 heterocycles. The molecule has 1 aromatic rings. The lowest BCUT2D eigenvalue weighted by atomic mass is 10.2. The van der Waals surface area contributed by atoms with Crippen LogP contribution in [0.15, 0.2) is 12.3 Å². The van der Waals surface area contributed by atoms with Crippen molar-refractivity contribution >= 4 is 11.8 Å². The molecule has 1 saturated carbocycles. The molecule has 0 bridgehead atoms. The van der Waals surface area contributed by atoms with E-state index in [0.29, 0.717) is 5.75 Å². The molecule has 0 saturated heterocycles. The fourth-order valence-corrected chi connectivity index (χ4v) is 1.43. The summed E-state index contributed by atoms with van der Waals surface area (Å²) in [6.45, 7) is 0. The standard InChI is InChI=1S/C12H15N3O3/c1-15(2)12(17)9-5-10(18-7-3-4-7)8(6-14-9)11(13)16/h5-7H,3-4H2,1-2H3,(H2,13,16). The van der Waals surface area contributed by atoms with Crippen LogP contribution in [0.25, 0.3) is 0 Å². The largest absolute Gasteiger partial charge is 0.489 e. The minimum atomic E-state index is -0.609. The molecular formula is C12H15N3O3. The first-order chi connectivity index (χ1) is 8.49. The molecule has 1 fully saturated rings. The summed E-state index contributed by atoms with van der Waals surface area (Å²) in [7, 11) is 3.26. The molecule has 1 aliphatic carbocycles. The summed E-state index contributed by atoms with van der Waals surface area (Å²) in [4.78, 5) is 28.4. The van der Waals surface area contributed by atoms with E-state index in [-0.39, 0.29) is 23.3 Å². The van der Waals surface area contributed by atoms with E-state index in [0.717, 1.165) is 12.8 Å². The maximum absolute atomic E-state index is 11.8. The van der Waals surface area contributed by atoms with Gasteiger partial charge in [0.1, 0.15) is 11.4 Å². The van der Waals surface area contributed by atoms with Crippen molar-refractivity contribution in [1.29, 1.82) is 0 Å². The summed E-state index contributed by atoms with van der Waals surface area (Å²) in [6.07, 6.45) is 3.32. The van der Waals surface area contributed by atoms with Crippen LogP contribution in [0, 0.1) is 0 Å². The first-order valence-corrected chi connectivity index (χ1v) is 5.67. The van der Waals surface area contributed by atoms with Crippen LogP contribution < -0.4 is 10.5 Å². The van der Waals surface area contributed by atoms with Crippen LogP contribution in [-0.4, -0.2) is 41.9 Å². The van der Waals surface area contributed by atoms with Crippen LogP contribution >= 0.6 is 0 Å². The molecule has 0 spiro atoms. The SMILES string of the molecule is CN(C)C(=O)c1cc(OC2CC2)c(C(N)=O)cn1. The van der Waals surface area contributed by atoms with Crippen molar-refractivity contribution in [2.24, 2.45) is 5.73 Å². The van der Waals surface area contributed by atoms with Gasteiger partial charge in [0.15, 0.2) is 0 Å². The highest BCUT2D eigenvalue weighted by molar-refractivity contribution is 5.97. The van der Waals surface area contributed by atoms with E-state index < -0.39 is 5.91 Å². The molecule has 0 aromatic carbocycles. The first-order valence-electron chi connectivity index (χ1n) is 5.67. The molecule has 6 nitrogen and oxygen atoms in total. The zero-order chi connectivity index (χ0) is 13.3. The average Bonchev–Trinajstić information content (AvgIpc) is 3.11. The molecule has 96 valence electrons. The zero-order valence-electron chi connectivity index (χ0n) is 10.3. The Kier molecular flexibility index (Phi) is 3.18. The molecule has 18 heavy (non-hydrogen) atoms. The Hall–Kier alpha value is -2.11. The number of aromatic nitrogens is 1. The minimum absolute atomic E-state index is 0.118. The summed E-state index contributed by atoms with van der Waals surface area (Å²) >= 11 is 0. The second kappa shape index (κ2) is 4.64. The number of rotatable bonds is 4. The predicted molar refractivity (Wildman–Crippen MR) is 64.4 cm³/mol. The van der Waals surface area contributed by atoms with Gasteiger partial charge in [0.25, 0.3) is 11.8 Å². The van der Waals surface area contributed by atoms with Crippen LogP contribution in [0.3, 0.4) is 0 Å². The van der Waals surface area contributed by atoms with Gasteiger partial charge < -0.3 is 15.4 Å². The van der Waals surface area contributed by atoms with Crippen LogP contribution in [0.2, 0.25) is 0 Å². The van der Waals surface area contributed by atoms with Crippen molar-refractivity contribution < 1.29 is 14.3 Å². The van der Waals surface area contributed by atoms with Gasteiger partial charge in [0.05, 0.1) is 11.7 Å². The Morgan fingerprint density at radius 2 is 2.11 bits per heavy atom. The average molecular weight is 249 g/mol. The highest BCUT2D eigenvalue weighted by Crippen LogP contribution is 2.29. The predicted octanol–water partition coefficient (Wildman–Crippen LogP) is 0.424. The normalized spacial score (nSPS) is 14.1. The second-order valence-electron chi connectivity index (χ2n) is 4.45. The maximum Gasteiger partial charge on any atom is 0.272 e. The van der Waals surface area contributed by atoms with E-state index in [4.69, 9.17) is 10.5 Å². The van der Waals surface area contributed by atoms with Crippen molar-refractivity contribution in [3.8, 4) is 5.75 Å². The van der Waals surface area contributed by atoms with Crippen molar-refractivity contribution in [1.82, 2.24) is 9.88 Å². The lowest BCUT2D eigenvalue weighted by molar-refractivity contribution is 0.0820. The third kappa shape index (κ3) is 2.58. The van der Waals surface area contributed by atoms with Crippen LogP contribution in [0.4, 0.5) is 0 Å². The van der Waals surface area contributed by atoms with Gasteiger partial charge in [0, 0.05) is 26.4 Å².